The Morgan fingerprint density at radius 1 is 1.19 bits per heavy atom. The van der Waals surface area contributed by atoms with E-state index in [9.17, 15) is 4.79 Å². The first kappa shape index (κ1) is 22.1. The predicted molar refractivity (Wildman–Crippen MR) is 127 cm³/mol. The lowest BCUT2D eigenvalue weighted by molar-refractivity contribution is 0.0558. The maximum Gasteiger partial charge on any atom is 0.269 e. The molecule has 0 aliphatic heterocycles. The summed E-state index contributed by atoms with van der Waals surface area (Å²) in [5, 5.41) is 4.06. The van der Waals surface area contributed by atoms with Gasteiger partial charge in [-0.3, -0.25) is 4.79 Å². The molecule has 2 saturated carbocycles. The molecule has 1 heterocycles. The summed E-state index contributed by atoms with van der Waals surface area (Å²) < 4.78 is 5.87. The van der Waals surface area contributed by atoms with Crippen molar-refractivity contribution in [3.8, 4) is 0 Å². The number of nitrogens with two attached hydrogens (primary N) is 1. The summed E-state index contributed by atoms with van der Waals surface area (Å²) in [7, 11) is 0. The molecule has 2 fully saturated rings. The van der Waals surface area contributed by atoms with Crippen LogP contribution in [0.15, 0.2) is 18.2 Å². The Morgan fingerprint density at radius 3 is 2.65 bits per heavy atom. The third-order valence-electron chi connectivity index (χ3n) is 6.66. The summed E-state index contributed by atoms with van der Waals surface area (Å²) in [4.78, 5) is 17.7. The standard InChI is InChI=1S/C26H37N3O2/c1-5-10-31-19-9-6-16(11-19)15-28-25(30)23-14-22(27)20-12-18(17-7-8-17)13-21(24(20)29-23)26(2,3)4/h12-14,16-17,19H,5-11,15H2,1-4H3,(H2,27,29)(H,28,30)/t16-,19-/m0/s1. The van der Waals surface area contributed by atoms with E-state index in [-0.39, 0.29) is 11.3 Å². The Kier molecular flexibility index (Phi) is 6.25. The Labute approximate surface area is 186 Å². The molecule has 3 N–H and O–H groups in total. The summed E-state index contributed by atoms with van der Waals surface area (Å²) in [6.45, 7) is 10.2. The van der Waals surface area contributed by atoms with Crippen molar-refractivity contribution in [1.29, 1.82) is 0 Å². The number of nitrogen functional groups attached to an aromatic ring is 1. The van der Waals surface area contributed by atoms with Crippen molar-refractivity contribution in [3.63, 3.8) is 0 Å². The molecular formula is C26H37N3O2. The molecule has 0 saturated heterocycles. The Morgan fingerprint density at radius 2 is 1.97 bits per heavy atom. The number of rotatable bonds is 7. The Balaban J connectivity index is 1.53. The highest BCUT2D eigenvalue weighted by Crippen LogP contribution is 2.44. The number of ether oxygens (including phenoxy) is 1. The van der Waals surface area contributed by atoms with Crippen LogP contribution in [0.2, 0.25) is 0 Å². The number of hydrogen-bond donors (Lipinski definition) is 2. The van der Waals surface area contributed by atoms with Gasteiger partial charge in [-0.2, -0.15) is 0 Å². The van der Waals surface area contributed by atoms with Gasteiger partial charge in [0.25, 0.3) is 5.91 Å². The number of amides is 1. The number of anilines is 1. The van der Waals surface area contributed by atoms with Gasteiger partial charge in [0.1, 0.15) is 5.69 Å². The van der Waals surface area contributed by atoms with E-state index >= 15 is 0 Å². The minimum Gasteiger partial charge on any atom is -0.398 e. The second-order valence-corrected chi connectivity index (χ2v) is 10.5. The van der Waals surface area contributed by atoms with Crippen LogP contribution in [0, 0.1) is 5.92 Å². The van der Waals surface area contributed by atoms with Crippen molar-refractivity contribution in [3.05, 3.63) is 35.0 Å². The Bertz CT molecular complexity index is 959. The first-order valence-electron chi connectivity index (χ1n) is 11.9. The van der Waals surface area contributed by atoms with Crippen LogP contribution in [0.4, 0.5) is 5.69 Å². The average molecular weight is 424 g/mol. The van der Waals surface area contributed by atoms with Gasteiger partial charge in [0, 0.05) is 24.2 Å². The third kappa shape index (κ3) is 5.03. The zero-order chi connectivity index (χ0) is 22.2. The predicted octanol–water partition coefficient (Wildman–Crippen LogP) is 5.32. The number of pyridine rings is 1. The van der Waals surface area contributed by atoms with Gasteiger partial charge < -0.3 is 15.8 Å². The molecule has 2 atom stereocenters. The molecular weight excluding hydrogens is 386 g/mol. The van der Waals surface area contributed by atoms with Crippen LogP contribution in [-0.4, -0.2) is 30.1 Å². The van der Waals surface area contributed by atoms with Gasteiger partial charge >= 0.3 is 0 Å². The molecule has 31 heavy (non-hydrogen) atoms. The molecule has 0 radical (unpaired) electrons. The summed E-state index contributed by atoms with van der Waals surface area (Å²) >= 11 is 0. The van der Waals surface area contributed by atoms with E-state index in [4.69, 9.17) is 15.5 Å². The highest BCUT2D eigenvalue weighted by molar-refractivity contribution is 6.00. The number of hydrogen-bond acceptors (Lipinski definition) is 4. The first-order chi connectivity index (χ1) is 14.8. The number of nitrogens with zero attached hydrogens (tertiary/aromatic N) is 1. The number of aromatic nitrogens is 1. The minimum absolute atomic E-state index is 0.0744. The largest absolute Gasteiger partial charge is 0.398 e. The van der Waals surface area contributed by atoms with Crippen molar-refractivity contribution in [2.24, 2.45) is 5.92 Å². The molecule has 2 aliphatic carbocycles. The van der Waals surface area contributed by atoms with Crippen molar-refractivity contribution < 1.29 is 9.53 Å². The van der Waals surface area contributed by atoms with Crippen LogP contribution in [0.1, 0.15) is 93.8 Å². The van der Waals surface area contributed by atoms with Gasteiger partial charge in [-0.05, 0) is 79.0 Å². The van der Waals surface area contributed by atoms with Gasteiger partial charge in [0.05, 0.1) is 11.6 Å². The van der Waals surface area contributed by atoms with Crippen molar-refractivity contribution in [2.75, 3.05) is 18.9 Å². The lowest BCUT2D eigenvalue weighted by atomic mass is 9.83. The van der Waals surface area contributed by atoms with Gasteiger partial charge in [0.2, 0.25) is 0 Å². The number of carbonyl (C=O) groups is 1. The van der Waals surface area contributed by atoms with Crippen LogP contribution in [-0.2, 0) is 10.2 Å². The second kappa shape index (κ2) is 8.78. The molecule has 1 aromatic carbocycles. The van der Waals surface area contributed by atoms with Crippen molar-refractivity contribution in [1.82, 2.24) is 10.3 Å². The van der Waals surface area contributed by atoms with E-state index in [1.807, 2.05) is 0 Å². The molecule has 0 unspecified atom stereocenters. The molecule has 0 spiro atoms. The zero-order valence-electron chi connectivity index (χ0n) is 19.5. The van der Waals surface area contributed by atoms with Crippen LogP contribution >= 0.6 is 0 Å². The number of benzene rings is 1. The normalized spacial score (nSPS) is 21.5. The quantitative estimate of drug-likeness (QED) is 0.632. The fraction of sp³-hybridized carbons (Fsp3) is 0.615. The fourth-order valence-electron chi connectivity index (χ4n) is 4.69. The average Bonchev–Trinajstić information content (AvgIpc) is 3.48. The van der Waals surface area contributed by atoms with Crippen molar-refractivity contribution >= 4 is 22.5 Å². The third-order valence-corrected chi connectivity index (χ3v) is 6.66. The SMILES string of the molecule is CCCO[C@H]1CC[C@H](CNC(=O)c2cc(N)c3cc(C4CC4)cc(C(C)(C)C)c3n2)C1. The highest BCUT2D eigenvalue weighted by Gasteiger charge is 2.29. The molecule has 1 amide bonds. The molecule has 2 aromatic rings. The maximum atomic E-state index is 12.9. The number of nitrogens with one attached hydrogen (secondary N) is 1. The first-order valence-corrected chi connectivity index (χ1v) is 11.9. The topological polar surface area (TPSA) is 77.2 Å². The molecule has 5 nitrogen and oxygen atoms in total. The summed E-state index contributed by atoms with van der Waals surface area (Å²) in [6.07, 6.45) is 7.08. The minimum atomic E-state index is -0.141. The van der Waals surface area contributed by atoms with E-state index in [0.717, 1.165) is 43.2 Å². The van der Waals surface area contributed by atoms with Gasteiger partial charge in [-0.1, -0.05) is 33.8 Å². The van der Waals surface area contributed by atoms with E-state index < -0.39 is 0 Å². The molecule has 4 rings (SSSR count). The van der Waals surface area contributed by atoms with Crippen molar-refractivity contribution in [2.45, 2.75) is 83.7 Å². The maximum absolute atomic E-state index is 12.9. The second-order valence-electron chi connectivity index (χ2n) is 10.5. The van der Waals surface area contributed by atoms with E-state index in [0.29, 0.717) is 35.9 Å². The summed E-state index contributed by atoms with van der Waals surface area (Å²) in [5.41, 5.74) is 10.8. The molecule has 0 bridgehead atoms. The fourth-order valence-corrected chi connectivity index (χ4v) is 4.69. The van der Waals surface area contributed by atoms with E-state index in [1.54, 1.807) is 6.07 Å². The van der Waals surface area contributed by atoms with Gasteiger partial charge in [0.15, 0.2) is 0 Å². The van der Waals surface area contributed by atoms with Crippen LogP contribution in [0.3, 0.4) is 0 Å². The molecule has 2 aliphatic rings. The molecule has 5 heteroatoms. The monoisotopic (exact) mass is 423 g/mol. The summed E-state index contributed by atoms with van der Waals surface area (Å²) in [5.74, 6) is 0.969. The number of carbonyl (C=O) groups excluding carboxylic acids is 1. The van der Waals surface area contributed by atoms with E-state index in [2.05, 4.69) is 45.1 Å². The molecule has 168 valence electrons. The smallest absolute Gasteiger partial charge is 0.269 e. The lowest BCUT2D eigenvalue weighted by Crippen LogP contribution is -2.29. The van der Waals surface area contributed by atoms with Crippen LogP contribution < -0.4 is 11.1 Å². The summed E-state index contributed by atoms with van der Waals surface area (Å²) in [6, 6.07) is 6.20. The zero-order valence-corrected chi connectivity index (χ0v) is 19.5. The highest BCUT2D eigenvalue weighted by atomic mass is 16.5. The Hall–Kier alpha value is -2.14. The van der Waals surface area contributed by atoms with Crippen LogP contribution in [0.5, 0.6) is 0 Å². The number of fused-ring (bicyclic) bond motifs is 1. The van der Waals surface area contributed by atoms with Gasteiger partial charge in [-0.25, -0.2) is 4.98 Å². The van der Waals surface area contributed by atoms with E-state index in [1.165, 1.54) is 24.0 Å². The van der Waals surface area contributed by atoms with Crippen LogP contribution in [0.25, 0.3) is 10.9 Å². The lowest BCUT2D eigenvalue weighted by Gasteiger charge is -2.23. The molecule has 1 aromatic heterocycles. The van der Waals surface area contributed by atoms with Gasteiger partial charge in [-0.15, -0.1) is 0 Å².